The zero-order valence-corrected chi connectivity index (χ0v) is 14.2. The highest BCUT2D eigenvalue weighted by atomic mass is 35.5. The molecule has 1 aromatic heterocycles. The van der Waals surface area contributed by atoms with Gasteiger partial charge in [-0.2, -0.15) is 0 Å². The molecular formula is C16H19ClN4O2. The van der Waals surface area contributed by atoms with E-state index < -0.39 is 0 Å². The Morgan fingerprint density at radius 1 is 1.22 bits per heavy atom. The van der Waals surface area contributed by atoms with Crippen LogP contribution in [0.4, 0.5) is 11.6 Å². The van der Waals surface area contributed by atoms with Gasteiger partial charge in [0.1, 0.15) is 5.75 Å². The van der Waals surface area contributed by atoms with Crippen molar-refractivity contribution in [1.29, 1.82) is 0 Å². The standard InChI is InChI=1S/C16H19ClN4O2/c1-16(2,3)21-15-18-8-10(9-19-15)14(22)20-11-5-6-13(23-4)12(17)7-11/h5-9H,1-4H3,(H,20,22)(H,18,19,21). The summed E-state index contributed by atoms with van der Waals surface area (Å²) >= 11 is 6.03. The maximum absolute atomic E-state index is 12.2. The highest BCUT2D eigenvalue weighted by Crippen LogP contribution is 2.27. The molecule has 0 atom stereocenters. The summed E-state index contributed by atoms with van der Waals surface area (Å²) in [7, 11) is 1.53. The van der Waals surface area contributed by atoms with E-state index in [0.29, 0.717) is 28.0 Å². The van der Waals surface area contributed by atoms with Crippen molar-refractivity contribution in [3.63, 3.8) is 0 Å². The number of ether oxygens (including phenoxy) is 1. The summed E-state index contributed by atoms with van der Waals surface area (Å²) in [6, 6.07) is 5.01. The fraction of sp³-hybridized carbons (Fsp3) is 0.312. The Morgan fingerprint density at radius 2 is 1.87 bits per heavy atom. The fourth-order valence-corrected chi connectivity index (χ4v) is 2.05. The highest BCUT2D eigenvalue weighted by Gasteiger charge is 2.13. The second-order valence-corrected chi connectivity index (χ2v) is 6.38. The first kappa shape index (κ1) is 17.0. The topological polar surface area (TPSA) is 76.1 Å². The number of nitrogens with one attached hydrogen (secondary N) is 2. The SMILES string of the molecule is COc1ccc(NC(=O)c2cnc(NC(C)(C)C)nc2)cc1Cl. The third-order valence-corrected chi connectivity index (χ3v) is 3.11. The molecule has 2 aromatic rings. The Kier molecular flexibility index (Phi) is 5.05. The van der Waals surface area contributed by atoms with Crippen LogP contribution in [0.15, 0.2) is 30.6 Å². The Hall–Kier alpha value is -2.34. The minimum atomic E-state index is -0.312. The number of amides is 1. The molecule has 23 heavy (non-hydrogen) atoms. The molecule has 1 amide bonds. The smallest absolute Gasteiger partial charge is 0.258 e. The van der Waals surface area contributed by atoms with Crippen LogP contribution in [0.25, 0.3) is 0 Å². The van der Waals surface area contributed by atoms with Gasteiger partial charge in [0.2, 0.25) is 5.95 Å². The predicted octanol–water partition coefficient (Wildman–Crippen LogP) is 3.60. The zero-order chi connectivity index (χ0) is 17.0. The summed E-state index contributed by atoms with van der Waals surface area (Å²) in [6.45, 7) is 6.01. The number of methoxy groups -OCH3 is 1. The zero-order valence-electron chi connectivity index (χ0n) is 13.5. The molecule has 2 N–H and O–H groups in total. The lowest BCUT2D eigenvalue weighted by Gasteiger charge is -2.20. The molecule has 6 nitrogen and oxygen atoms in total. The van der Waals surface area contributed by atoms with Crippen LogP contribution in [-0.4, -0.2) is 28.5 Å². The van der Waals surface area contributed by atoms with E-state index in [2.05, 4.69) is 20.6 Å². The van der Waals surface area contributed by atoms with Gasteiger partial charge >= 0.3 is 0 Å². The largest absolute Gasteiger partial charge is 0.495 e. The van der Waals surface area contributed by atoms with Gasteiger partial charge in [-0.05, 0) is 39.0 Å². The first-order chi connectivity index (χ1) is 10.8. The molecule has 0 bridgehead atoms. The summed E-state index contributed by atoms with van der Waals surface area (Å²) in [5.41, 5.74) is 0.776. The number of carbonyl (C=O) groups is 1. The average molecular weight is 335 g/mol. The van der Waals surface area contributed by atoms with Crippen LogP contribution in [0.1, 0.15) is 31.1 Å². The molecule has 122 valence electrons. The van der Waals surface area contributed by atoms with E-state index >= 15 is 0 Å². The molecule has 0 aliphatic heterocycles. The van der Waals surface area contributed by atoms with Crippen molar-refractivity contribution in [3.05, 3.63) is 41.2 Å². The molecule has 2 rings (SSSR count). The third kappa shape index (κ3) is 4.82. The van der Waals surface area contributed by atoms with Crippen molar-refractivity contribution in [2.75, 3.05) is 17.7 Å². The van der Waals surface area contributed by atoms with Crippen LogP contribution >= 0.6 is 11.6 Å². The molecule has 1 aromatic carbocycles. The van der Waals surface area contributed by atoms with Crippen LogP contribution in [0.2, 0.25) is 5.02 Å². The van der Waals surface area contributed by atoms with E-state index in [4.69, 9.17) is 16.3 Å². The van der Waals surface area contributed by atoms with Crippen molar-refractivity contribution in [2.45, 2.75) is 26.3 Å². The van der Waals surface area contributed by atoms with Gasteiger partial charge in [0, 0.05) is 23.6 Å². The van der Waals surface area contributed by atoms with Gasteiger partial charge < -0.3 is 15.4 Å². The van der Waals surface area contributed by atoms with Crippen LogP contribution < -0.4 is 15.4 Å². The second kappa shape index (κ2) is 6.83. The highest BCUT2D eigenvalue weighted by molar-refractivity contribution is 6.32. The van der Waals surface area contributed by atoms with Gasteiger partial charge in [0.25, 0.3) is 5.91 Å². The van der Waals surface area contributed by atoms with Crippen LogP contribution in [0.5, 0.6) is 5.75 Å². The number of halogens is 1. The molecule has 0 unspecified atom stereocenters. The van der Waals surface area contributed by atoms with Crippen molar-refractivity contribution in [1.82, 2.24) is 9.97 Å². The molecule has 7 heteroatoms. The average Bonchev–Trinajstić information content (AvgIpc) is 2.46. The summed E-state index contributed by atoms with van der Waals surface area (Å²) in [4.78, 5) is 20.5. The van der Waals surface area contributed by atoms with Crippen LogP contribution in [-0.2, 0) is 0 Å². The van der Waals surface area contributed by atoms with E-state index in [0.717, 1.165) is 0 Å². The van der Waals surface area contributed by atoms with Gasteiger partial charge in [-0.3, -0.25) is 4.79 Å². The van der Waals surface area contributed by atoms with E-state index in [1.807, 2.05) is 20.8 Å². The quantitative estimate of drug-likeness (QED) is 0.893. The molecule has 0 saturated heterocycles. The number of nitrogens with zero attached hydrogens (tertiary/aromatic N) is 2. The lowest BCUT2D eigenvalue weighted by molar-refractivity contribution is 0.102. The Balaban J connectivity index is 2.07. The van der Waals surface area contributed by atoms with Gasteiger partial charge in [-0.15, -0.1) is 0 Å². The molecule has 0 spiro atoms. The molecular weight excluding hydrogens is 316 g/mol. The van der Waals surface area contributed by atoms with E-state index in [1.54, 1.807) is 18.2 Å². The van der Waals surface area contributed by atoms with Crippen LogP contribution in [0.3, 0.4) is 0 Å². The lowest BCUT2D eigenvalue weighted by Crippen LogP contribution is -2.27. The van der Waals surface area contributed by atoms with Crippen molar-refractivity contribution in [3.8, 4) is 5.75 Å². The third-order valence-electron chi connectivity index (χ3n) is 2.81. The number of rotatable bonds is 4. The second-order valence-electron chi connectivity index (χ2n) is 5.97. The lowest BCUT2D eigenvalue weighted by atomic mass is 10.1. The number of aromatic nitrogens is 2. The van der Waals surface area contributed by atoms with E-state index in [1.165, 1.54) is 19.5 Å². The van der Waals surface area contributed by atoms with Crippen molar-refractivity contribution in [2.24, 2.45) is 0 Å². The van der Waals surface area contributed by atoms with Crippen molar-refractivity contribution < 1.29 is 9.53 Å². The van der Waals surface area contributed by atoms with Crippen molar-refractivity contribution >= 4 is 29.1 Å². The number of carbonyl (C=O) groups excluding carboxylic acids is 1. The normalized spacial score (nSPS) is 11.0. The number of benzene rings is 1. The van der Waals surface area contributed by atoms with Gasteiger partial charge in [0.15, 0.2) is 0 Å². The molecule has 0 saturated carbocycles. The predicted molar refractivity (Wildman–Crippen MR) is 91.4 cm³/mol. The Morgan fingerprint density at radius 3 is 2.39 bits per heavy atom. The van der Waals surface area contributed by atoms with E-state index in [9.17, 15) is 4.79 Å². The van der Waals surface area contributed by atoms with Crippen LogP contribution in [0, 0.1) is 0 Å². The fourth-order valence-electron chi connectivity index (χ4n) is 1.79. The van der Waals surface area contributed by atoms with E-state index in [-0.39, 0.29) is 11.4 Å². The Labute approximate surface area is 140 Å². The molecule has 0 radical (unpaired) electrons. The summed E-state index contributed by atoms with van der Waals surface area (Å²) in [6.07, 6.45) is 2.95. The first-order valence-electron chi connectivity index (χ1n) is 7.03. The van der Waals surface area contributed by atoms with Gasteiger partial charge in [-0.1, -0.05) is 11.6 Å². The molecule has 1 heterocycles. The van der Waals surface area contributed by atoms with Gasteiger partial charge in [-0.25, -0.2) is 9.97 Å². The minimum absolute atomic E-state index is 0.149. The molecule has 0 aliphatic rings. The summed E-state index contributed by atoms with van der Waals surface area (Å²) in [5, 5.41) is 6.29. The number of hydrogen-bond acceptors (Lipinski definition) is 5. The monoisotopic (exact) mass is 334 g/mol. The molecule has 0 aliphatic carbocycles. The summed E-state index contributed by atoms with van der Waals surface area (Å²) in [5.74, 6) is 0.709. The maximum Gasteiger partial charge on any atom is 0.258 e. The summed E-state index contributed by atoms with van der Waals surface area (Å²) < 4.78 is 5.07. The maximum atomic E-state index is 12.2. The number of anilines is 2. The minimum Gasteiger partial charge on any atom is -0.495 e. The van der Waals surface area contributed by atoms with Gasteiger partial charge in [0.05, 0.1) is 17.7 Å². The molecule has 0 fully saturated rings. The first-order valence-corrected chi connectivity index (χ1v) is 7.41. The number of hydrogen-bond donors (Lipinski definition) is 2. The Bertz CT molecular complexity index is 696.